The third kappa shape index (κ3) is 67.4. The third-order valence-electron chi connectivity index (χ3n) is 15.6. The van der Waals surface area contributed by atoms with E-state index >= 15 is 0 Å². The predicted molar refractivity (Wildman–Crippen MR) is 358 cm³/mol. The van der Waals surface area contributed by atoms with Crippen molar-refractivity contribution in [3.05, 3.63) is 85.1 Å². The van der Waals surface area contributed by atoms with Crippen LogP contribution in [0.4, 0.5) is 0 Å². The molecule has 0 aliphatic carbocycles. The van der Waals surface area contributed by atoms with E-state index in [-0.39, 0.29) is 31.1 Å². The molecule has 0 aromatic rings. The van der Waals surface area contributed by atoms with Gasteiger partial charge in [-0.25, -0.2) is 0 Å². The fraction of sp³-hybridized carbons (Fsp3) is 0.776. The summed E-state index contributed by atoms with van der Waals surface area (Å²) >= 11 is 0. The Balaban J connectivity index is 4.18. The van der Waals surface area contributed by atoms with Crippen LogP contribution in [-0.2, 0) is 28.6 Å². The highest BCUT2D eigenvalue weighted by Gasteiger charge is 2.19. The van der Waals surface area contributed by atoms with Crippen LogP contribution < -0.4 is 0 Å². The summed E-state index contributed by atoms with van der Waals surface area (Å²) in [5.41, 5.74) is 0. The second-order valence-electron chi connectivity index (χ2n) is 23.8. The number of carbonyl (C=O) groups is 3. The maximum absolute atomic E-state index is 12.9. The number of hydrogen-bond donors (Lipinski definition) is 0. The van der Waals surface area contributed by atoms with Crippen LogP contribution in [0, 0.1) is 0 Å². The van der Waals surface area contributed by atoms with Crippen molar-refractivity contribution in [2.24, 2.45) is 0 Å². The van der Waals surface area contributed by atoms with Crippen molar-refractivity contribution >= 4 is 17.9 Å². The lowest BCUT2D eigenvalue weighted by Gasteiger charge is -2.18. The Morgan fingerprint density at radius 2 is 0.451 bits per heavy atom. The molecule has 474 valence electrons. The van der Waals surface area contributed by atoms with Gasteiger partial charge in [0.15, 0.2) is 6.10 Å². The lowest BCUT2D eigenvalue weighted by atomic mass is 10.0. The van der Waals surface area contributed by atoms with Crippen molar-refractivity contribution in [3.63, 3.8) is 0 Å². The van der Waals surface area contributed by atoms with Crippen LogP contribution >= 0.6 is 0 Å². The zero-order valence-electron chi connectivity index (χ0n) is 54.5. The van der Waals surface area contributed by atoms with Gasteiger partial charge in [0.05, 0.1) is 0 Å². The number of ether oxygens (including phenoxy) is 3. The number of hydrogen-bond acceptors (Lipinski definition) is 6. The molecule has 82 heavy (non-hydrogen) atoms. The van der Waals surface area contributed by atoms with Crippen LogP contribution in [0.15, 0.2) is 85.1 Å². The Labute approximate surface area is 509 Å². The van der Waals surface area contributed by atoms with Gasteiger partial charge in [-0.15, -0.1) is 0 Å². The Morgan fingerprint density at radius 3 is 0.744 bits per heavy atom. The Hall–Kier alpha value is -3.41. The van der Waals surface area contributed by atoms with Crippen LogP contribution in [0.25, 0.3) is 0 Å². The van der Waals surface area contributed by atoms with Crippen LogP contribution in [0.3, 0.4) is 0 Å². The molecule has 0 heterocycles. The van der Waals surface area contributed by atoms with Crippen LogP contribution in [-0.4, -0.2) is 37.2 Å². The van der Waals surface area contributed by atoms with Gasteiger partial charge >= 0.3 is 17.9 Å². The van der Waals surface area contributed by atoms with Crippen LogP contribution in [0.5, 0.6) is 0 Å². The van der Waals surface area contributed by atoms with Crippen molar-refractivity contribution < 1.29 is 28.6 Å². The van der Waals surface area contributed by atoms with E-state index in [4.69, 9.17) is 14.2 Å². The summed E-state index contributed by atoms with van der Waals surface area (Å²) in [4.78, 5) is 38.4. The molecule has 0 rings (SSSR count). The summed E-state index contributed by atoms with van der Waals surface area (Å²) < 4.78 is 17.0. The molecule has 0 fully saturated rings. The van der Waals surface area contributed by atoms with E-state index in [1.807, 2.05) is 0 Å². The first-order valence-electron chi connectivity index (χ1n) is 35.6. The number of carbonyl (C=O) groups excluding carboxylic acids is 3. The van der Waals surface area contributed by atoms with Gasteiger partial charge in [-0.2, -0.15) is 0 Å². The maximum Gasteiger partial charge on any atom is 0.306 e. The molecule has 0 aromatic heterocycles. The fourth-order valence-corrected chi connectivity index (χ4v) is 10.2. The molecular formula is C76H134O6. The Morgan fingerprint density at radius 1 is 0.244 bits per heavy atom. The van der Waals surface area contributed by atoms with Crippen molar-refractivity contribution in [2.75, 3.05) is 13.2 Å². The highest BCUT2D eigenvalue weighted by atomic mass is 16.6. The van der Waals surface area contributed by atoms with E-state index in [2.05, 4.69) is 106 Å². The molecule has 6 nitrogen and oxygen atoms in total. The maximum atomic E-state index is 12.9. The summed E-state index contributed by atoms with van der Waals surface area (Å²) in [7, 11) is 0. The minimum absolute atomic E-state index is 0.0814. The fourth-order valence-electron chi connectivity index (χ4n) is 10.2. The standard InChI is InChI=1S/C76H134O6/c1-4-7-10-13-16-19-22-25-28-30-31-32-33-34-35-36-37-38-39-40-41-42-43-44-45-47-48-51-54-57-60-63-66-69-75(78)81-72-73(71-80-74(77)68-65-62-59-56-53-50-27-24-21-18-15-12-9-6-3)82-76(79)70-67-64-61-58-55-52-49-46-29-26-23-20-17-14-11-8-5-2/h15,17-18,20,22,24-27,29-31,33-34,73H,4-14,16,19,21,23,28,32,35-72H2,1-3H3/b18-15-,20-17-,25-22-,27-24-,29-26-,31-30-,34-33-. The summed E-state index contributed by atoms with van der Waals surface area (Å²) in [6.07, 6.45) is 93.3. The molecule has 0 bridgehead atoms. The van der Waals surface area contributed by atoms with Crippen molar-refractivity contribution in [1.29, 1.82) is 0 Å². The SMILES string of the molecule is CCCC/C=C\C/C=C\CCCCCCCC(=O)OCC(COC(=O)CCCCCCCCCCCCCCCCCCCC/C=C\C/C=C\C/C=C\CCCCCCC)OC(=O)CCCCCCCCC/C=C\C/C=C\CCCCC. The highest BCUT2D eigenvalue weighted by molar-refractivity contribution is 5.71. The molecule has 0 aliphatic heterocycles. The molecule has 0 radical (unpaired) electrons. The van der Waals surface area contributed by atoms with Crippen molar-refractivity contribution in [3.8, 4) is 0 Å². The summed E-state index contributed by atoms with van der Waals surface area (Å²) in [5.74, 6) is -0.887. The van der Waals surface area contributed by atoms with Crippen LogP contribution in [0.2, 0.25) is 0 Å². The zero-order valence-corrected chi connectivity index (χ0v) is 54.5. The summed E-state index contributed by atoms with van der Waals surface area (Å²) in [5, 5.41) is 0. The van der Waals surface area contributed by atoms with Gasteiger partial charge in [-0.05, 0) is 116 Å². The van der Waals surface area contributed by atoms with E-state index in [0.29, 0.717) is 19.3 Å². The van der Waals surface area contributed by atoms with Gasteiger partial charge in [0.25, 0.3) is 0 Å². The van der Waals surface area contributed by atoms with E-state index in [9.17, 15) is 14.4 Å². The van der Waals surface area contributed by atoms with E-state index < -0.39 is 6.10 Å². The molecule has 0 amide bonds. The molecule has 0 N–H and O–H groups in total. The predicted octanol–water partition coefficient (Wildman–Crippen LogP) is 24.6. The average Bonchev–Trinajstić information content (AvgIpc) is 3.48. The third-order valence-corrected chi connectivity index (χ3v) is 15.6. The van der Waals surface area contributed by atoms with Crippen molar-refractivity contribution in [2.45, 2.75) is 367 Å². The summed E-state index contributed by atoms with van der Waals surface area (Å²) in [6, 6.07) is 0. The van der Waals surface area contributed by atoms with Crippen LogP contribution in [0.1, 0.15) is 361 Å². The minimum atomic E-state index is -0.787. The van der Waals surface area contributed by atoms with Gasteiger partial charge in [0, 0.05) is 19.3 Å². The Kier molecular flexibility index (Phi) is 67.2. The van der Waals surface area contributed by atoms with Gasteiger partial charge < -0.3 is 14.2 Å². The van der Waals surface area contributed by atoms with Crippen molar-refractivity contribution in [1.82, 2.24) is 0 Å². The average molecular weight is 1140 g/mol. The zero-order chi connectivity index (χ0) is 59.2. The first-order valence-corrected chi connectivity index (χ1v) is 35.6. The Bertz CT molecular complexity index is 1550. The lowest BCUT2D eigenvalue weighted by Crippen LogP contribution is -2.30. The molecule has 1 atom stereocenters. The normalized spacial score (nSPS) is 12.6. The quantitative estimate of drug-likeness (QED) is 0.0261. The number of allylic oxidation sites excluding steroid dienone is 14. The van der Waals surface area contributed by atoms with Gasteiger partial charge in [0.1, 0.15) is 13.2 Å². The molecule has 0 saturated heterocycles. The highest BCUT2D eigenvalue weighted by Crippen LogP contribution is 2.17. The van der Waals surface area contributed by atoms with E-state index in [1.54, 1.807) is 0 Å². The smallest absolute Gasteiger partial charge is 0.306 e. The monoisotopic (exact) mass is 1140 g/mol. The number of rotatable bonds is 65. The number of esters is 3. The topological polar surface area (TPSA) is 78.9 Å². The second-order valence-corrected chi connectivity index (χ2v) is 23.8. The van der Waals surface area contributed by atoms with E-state index in [0.717, 1.165) is 103 Å². The molecule has 6 heteroatoms. The molecule has 0 aromatic carbocycles. The summed E-state index contributed by atoms with van der Waals surface area (Å²) in [6.45, 7) is 6.58. The molecule has 0 spiro atoms. The first kappa shape index (κ1) is 78.6. The molecule has 1 unspecified atom stereocenters. The number of unbranched alkanes of at least 4 members (excludes halogenated alkanes) is 40. The molecule has 0 aliphatic rings. The molecular weight excluding hydrogens is 1010 g/mol. The van der Waals surface area contributed by atoms with E-state index in [1.165, 1.54) is 218 Å². The van der Waals surface area contributed by atoms with Gasteiger partial charge in [-0.1, -0.05) is 311 Å². The molecule has 0 saturated carbocycles. The minimum Gasteiger partial charge on any atom is -0.462 e. The lowest BCUT2D eigenvalue weighted by molar-refractivity contribution is -0.167. The second kappa shape index (κ2) is 70.1. The van der Waals surface area contributed by atoms with Gasteiger partial charge in [-0.3, -0.25) is 14.4 Å². The van der Waals surface area contributed by atoms with Gasteiger partial charge in [0.2, 0.25) is 0 Å². The largest absolute Gasteiger partial charge is 0.462 e. The first-order chi connectivity index (χ1) is 40.5.